The number of methoxy groups -OCH3 is 3. The zero-order valence-electron chi connectivity index (χ0n) is 16.9. The first kappa shape index (κ1) is 20.9. The normalized spacial score (nSPS) is 18.1. The number of carboxylic acids is 1. The Morgan fingerprint density at radius 1 is 1.10 bits per heavy atom. The van der Waals surface area contributed by atoms with E-state index in [1.165, 1.54) is 33.5 Å². The van der Waals surface area contributed by atoms with Gasteiger partial charge in [0.1, 0.15) is 11.9 Å². The Kier molecular flexibility index (Phi) is 6.59. The van der Waals surface area contributed by atoms with E-state index in [0.29, 0.717) is 41.3 Å². The van der Waals surface area contributed by atoms with Crippen molar-refractivity contribution in [2.75, 3.05) is 27.9 Å². The third-order valence-electron chi connectivity index (χ3n) is 5.35. The Morgan fingerprint density at radius 2 is 1.86 bits per heavy atom. The molecule has 1 saturated heterocycles. The van der Waals surface area contributed by atoms with Crippen LogP contribution >= 0.6 is 0 Å². The number of benzene rings is 2. The number of hydrogen-bond donors (Lipinski definition) is 1. The Balaban J connectivity index is 2.22. The Morgan fingerprint density at radius 3 is 2.48 bits per heavy atom. The molecule has 0 aliphatic carbocycles. The maximum atomic E-state index is 14.1. The van der Waals surface area contributed by atoms with Crippen LogP contribution in [0.2, 0.25) is 0 Å². The van der Waals surface area contributed by atoms with Crippen molar-refractivity contribution in [3.8, 4) is 17.2 Å². The quantitative estimate of drug-likeness (QED) is 0.757. The van der Waals surface area contributed by atoms with Crippen molar-refractivity contribution >= 4 is 5.97 Å². The number of piperidine rings is 1. The van der Waals surface area contributed by atoms with Gasteiger partial charge < -0.3 is 19.3 Å². The van der Waals surface area contributed by atoms with Crippen LogP contribution in [0.1, 0.15) is 36.4 Å². The molecule has 1 fully saturated rings. The fourth-order valence-electron chi connectivity index (χ4n) is 4.09. The number of hydrogen-bond acceptors (Lipinski definition) is 5. The first-order chi connectivity index (χ1) is 14.0. The second-order valence-electron chi connectivity index (χ2n) is 6.97. The van der Waals surface area contributed by atoms with Crippen molar-refractivity contribution in [1.82, 2.24) is 4.90 Å². The van der Waals surface area contributed by atoms with Gasteiger partial charge in [0.15, 0.2) is 11.5 Å². The first-order valence-corrected chi connectivity index (χ1v) is 9.54. The lowest BCUT2D eigenvalue weighted by Crippen LogP contribution is -2.47. The van der Waals surface area contributed by atoms with Crippen LogP contribution in [0.25, 0.3) is 0 Å². The molecule has 0 aromatic heterocycles. The monoisotopic (exact) mass is 403 g/mol. The van der Waals surface area contributed by atoms with Gasteiger partial charge in [0.25, 0.3) is 0 Å². The fraction of sp³-hybridized carbons (Fsp3) is 0.409. The van der Waals surface area contributed by atoms with Crippen LogP contribution in [-0.4, -0.2) is 49.9 Å². The lowest BCUT2D eigenvalue weighted by molar-refractivity contribution is -0.145. The molecule has 2 atom stereocenters. The molecule has 1 heterocycles. The highest BCUT2D eigenvalue weighted by Crippen LogP contribution is 2.46. The molecule has 29 heavy (non-hydrogen) atoms. The predicted octanol–water partition coefficient (Wildman–Crippen LogP) is 3.88. The topological polar surface area (TPSA) is 68.2 Å². The third-order valence-corrected chi connectivity index (χ3v) is 5.35. The minimum absolute atomic E-state index is 0.379. The van der Waals surface area contributed by atoms with Crippen LogP contribution in [0.15, 0.2) is 36.4 Å². The van der Waals surface area contributed by atoms with E-state index in [4.69, 9.17) is 14.2 Å². The lowest BCUT2D eigenvalue weighted by Gasteiger charge is -2.40. The van der Waals surface area contributed by atoms with Gasteiger partial charge in [0.05, 0.1) is 27.4 Å². The van der Waals surface area contributed by atoms with E-state index in [9.17, 15) is 14.3 Å². The van der Waals surface area contributed by atoms with Crippen molar-refractivity contribution < 1.29 is 28.5 Å². The van der Waals surface area contributed by atoms with Gasteiger partial charge in [0.2, 0.25) is 5.75 Å². The van der Waals surface area contributed by atoms with E-state index in [-0.39, 0.29) is 5.82 Å². The largest absolute Gasteiger partial charge is 0.493 e. The van der Waals surface area contributed by atoms with Crippen LogP contribution in [-0.2, 0) is 4.79 Å². The number of nitrogens with zero attached hydrogens (tertiary/aromatic N) is 1. The number of likely N-dealkylation sites (tertiary alicyclic amines) is 1. The maximum absolute atomic E-state index is 14.1. The zero-order valence-corrected chi connectivity index (χ0v) is 16.9. The van der Waals surface area contributed by atoms with Crippen LogP contribution in [0, 0.1) is 5.82 Å². The van der Waals surface area contributed by atoms with Crippen LogP contribution < -0.4 is 14.2 Å². The molecule has 7 heteroatoms. The van der Waals surface area contributed by atoms with Gasteiger partial charge in [-0.25, -0.2) is 4.39 Å². The summed E-state index contributed by atoms with van der Waals surface area (Å²) in [5.41, 5.74) is 1.35. The molecular formula is C22H26FNO5. The molecule has 2 unspecified atom stereocenters. The molecule has 1 aliphatic rings. The van der Waals surface area contributed by atoms with Crippen LogP contribution in [0.3, 0.4) is 0 Å². The molecule has 0 saturated carbocycles. The molecule has 0 spiro atoms. The first-order valence-electron chi connectivity index (χ1n) is 9.54. The standard InChI is InChI=1S/C22H26FNO5/c1-27-18-11-10-16(20(28-2)21(18)29-3)19(14-7-6-8-15(23)13-14)24-12-5-4-9-17(24)22(25)26/h6-8,10-11,13,17,19H,4-5,9,12H2,1-3H3,(H,25,26). The highest BCUT2D eigenvalue weighted by molar-refractivity contribution is 5.74. The average molecular weight is 403 g/mol. The summed E-state index contributed by atoms with van der Waals surface area (Å²) < 4.78 is 30.6. The third kappa shape index (κ3) is 4.15. The number of carbonyl (C=O) groups is 1. The van der Waals surface area contributed by atoms with Crippen molar-refractivity contribution in [1.29, 1.82) is 0 Å². The summed E-state index contributed by atoms with van der Waals surface area (Å²) in [4.78, 5) is 13.9. The van der Waals surface area contributed by atoms with Gasteiger partial charge in [0, 0.05) is 5.56 Å². The van der Waals surface area contributed by atoms with E-state index in [1.54, 1.807) is 18.2 Å². The van der Waals surface area contributed by atoms with Gasteiger partial charge >= 0.3 is 5.97 Å². The highest BCUT2D eigenvalue weighted by Gasteiger charge is 2.37. The number of aliphatic carboxylic acids is 1. The second-order valence-corrected chi connectivity index (χ2v) is 6.97. The minimum atomic E-state index is -0.884. The number of halogens is 1. The molecule has 6 nitrogen and oxygen atoms in total. The van der Waals surface area contributed by atoms with Crippen molar-refractivity contribution in [2.24, 2.45) is 0 Å². The summed E-state index contributed by atoms with van der Waals surface area (Å²) in [7, 11) is 4.57. The number of rotatable bonds is 7. The van der Waals surface area contributed by atoms with Gasteiger partial charge in [-0.1, -0.05) is 18.6 Å². The summed E-state index contributed by atoms with van der Waals surface area (Å²) in [5, 5.41) is 9.82. The summed E-state index contributed by atoms with van der Waals surface area (Å²) in [6, 6.07) is 8.64. The molecule has 1 aliphatic heterocycles. The predicted molar refractivity (Wildman–Crippen MR) is 106 cm³/mol. The minimum Gasteiger partial charge on any atom is -0.493 e. The summed E-state index contributed by atoms with van der Waals surface area (Å²) in [6.07, 6.45) is 2.24. The van der Waals surface area contributed by atoms with Gasteiger partial charge in [-0.3, -0.25) is 9.69 Å². The van der Waals surface area contributed by atoms with Crippen molar-refractivity contribution in [3.63, 3.8) is 0 Å². The van der Waals surface area contributed by atoms with Crippen molar-refractivity contribution in [3.05, 3.63) is 53.3 Å². The van der Waals surface area contributed by atoms with Gasteiger partial charge in [-0.15, -0.1) is 0 Å². The van der Waals surface area contributed by atoms with E-state index < -0.39 is 18.1 Å². The zero-order chi connectivity index (χ0) is 21.0. The molecule has 2 aromatic rings. The van der Waals surface area contributed by atoms with Crippen LogP contribution in [0.5, 0.6) is 17.2 Å². The van der Waals surface area contributed by atoms with Crippen molar-refractivity contribution in [2.45, 2.75) is 31.3 Å². The van der Waals surface area contributed by atoms with E-state index in [2.05, 4.69) is 0 Å². The summed E-state index contributed by atoms with van der Waals surface area (Å²) >= 11 is 0. The van der Waals surface area contributed by atoms with Crippen LogP contribution in [0.4, 0.5) is 4.39 Å². The van der Waals surface area contributed by atoms with E-state index in [0.717, 1.165) is 12.8 Å². The summed E-state index contributed by atoms with van der Waals surface area (Å²) in [5.74, 6) is 0.0921. The lowest BCUT2D eigenvalue weighted by atomic mass is 9.90. The SMILES string of the molecule is COc1ccc(C(c2cccc(F)c2)N2CCCCC2C(=O)O)c(OC)c1OC. The van der Waals surface area contributed by atoms with E-state index >= 15 is 0 Å². The molecule has 1 N–H and O–H groups in total. The Hall–Kier alpha value is -2.80. The fourth-order valence-corrected chi connectivity index (χ4v) is 4.09. The average Bonchev–Trinajstić information content (AvgIpc) is 2.73. The highest BCUT2D eigenvalue weighted by atomic mass is 19.1. The van der Waals surface area contributed by atoms with Gasteiger partial charge in [-0.05, 0) is 49.2 Å². The molecule has 0 amide bonds. The molecule has 156 valence electrons. The molecule has 0 bridgehead atoms. The number of ether oxygens (including phenoxy) is 3. The second kappa shape index (κ2) is 9.13. The molecule has 0 radical (unpaired) electrons. The molecular weight excluding hydrogens is 377 g/mol. The Labute approximate surface area is 169 Å². The Bertz CT molecular complexity index is 872. The maximum Gasteiger partial charge on any atom is 0.320 e. The number of carboxylic acid groups (broad SMARTS) is 1. The molecule has 2 aromatic carbocycles. The smallest absolute Gasteiger partial charge is 0.320 e. The summed E-state index contributed by atoms with van der Waals surface area (Å²) in [6.45, 7) is 0.579. The van der Waals surface area contributed by atoms with E-state index in [1.807, 2.05) is 11.0 Å². The van der Waals surface area contributed by atoms with Gasteiger partial charge in [-0.2, -0.15) is 0 Å². The molecule has 3 rings (SSSR count).